The third-order valence-corrected chi connectivity index (χ3v) is 7.65. The highest BCUT2D eigenvalue weighted by Gasteiger charge is 2.45. The number of imidazole rings is 1. The molecule has 3 aromatic rings. The molecule has 1 fully saturated rings. The van der Waals surface area contributed by atoms with Crippen LogP contribution in [-0.4, -0.2) is 90.3 Å². The Balaban J connectivity index is 0.000000276. The Bertz CT molecular complexity index is 1290. The van der Waals surface area contributed by atoms with Crippen molar-refractivity contribution in [3.8, 4) is 11.3 Å². The highest BCUT2D eigenvalue weighted by atomic mass is 32.1. The molecule has 2 aliphatic heterocycles. The first-order valence-corrected chi connectivity index (χ1v) is 13.0. The van der Waals surface area contributed by atoms with Crippen molar-refractivity contribution in [2.75, 3.05) is 26.7 Å². The van der Waals surface area contributed by atoms with Gasteiger partial charge in [0.05, 0.1) is 23.6 Å². The summed E-state index contributed by atoms with van der Waals surface area (Å²) in [5, 5.41) is 20.8. The number of piperidine rings is 1. The molecule has 1 spiro atoms. The van der Waals surface area contributed by atoms with Gasteiger partial charge in [0, 0.05) is 56.4 Å². The van der Waals surface area contributed by atoms with E-state index in [-0.39, 0.29) is 5.54 Å². The van der Waals surface area contributed by atoms with Crippen LogP contribution >= 0.6 is 11.3 Å². The highest BCUT2D eigenvalue weighted by molar-refractivity contribution is 7.09. The molecule has 0 unspecified atom stereocenters. The molecular weight excluding hydrogens is 582 g/mol. The minimum absolute atomic E-state index is 0.0602. The largest absolute Gasteiger partial charge is 0.490 e. The fourth-order valence-electron chi connectivity index (χ4n) is 4.70. The lowest BCUT2D eigenvalue weighted by Gasteiger charge is -2.49. The van der Waals surface area contributed by atoms with Crippen LogP contribution in [0.4, 0.5) is 26.3 Å². The molecule has 5 heterocycles. The van der Waals surface area contributed by atoms with Gasteiger partial charge in [-0.3, -0.25) is 14.5 Å². The van der Waals surface area contributed by atoms with E-state index in [0.29, 0.717) is 0 Å². The van der Waals surface area contributed by atoms with Gasteiger partial charge < -0.3 is 14.8 Å². The summed E-state index contributed by atoms with van der Waals surface area (Å²) in [5.74, 6) is -4.27. The summed E-state index contributed by atoms with van der Waals surface area (Å²) in [4.78, 5) is 29.3. The summed E-state index contributed by atoms with van der Waals surface area (Å²) in [6, 6.07) is 4.39. The molecule has 2 N–H and O–H groups in total. The maximum atomic E-state index is 10.6. The van der Waals surface area contributed by atoms with Crippen molar-refractivity contribution in [2.45, 2.75) is 43.8 Å². The number of carboxylic acids is 2. The lowest BCUT2D eigenvalue weighted by molar-refractivity contribution is -0.193. The summed E-state index contributed by atoms with van der Waals surface area (Å²) in [6.45, 7) is 5.39. The van der Waals surface area contributed by atoms with Crippen LogP contribution in [0.1, 0.15) is 23.5 Å². The molecule has 3 aromatic heterocycles. The highest BCUT2D eigenvalue weighted by Crippen LogP contribution is 2.41. The molecule has 0 aliphatic carbocycles. The monoisotopic (exact) mass is 610 g/mol. The zero-order valence-electron chi connectivity index (χ0n) is 22.0. The summed E-state index contributed by atoms with van der Waals surface area (Å²) >= 11 is 1.86. The molecule has 0 amide bonds. The summed E-state index contributed by atoms with van der Waals surface area (Å²) in [5.41, 5.74) is 2.42. The van der Waals surface area contributed by atoms with E-state index >= 15 is 0 Å². The smallest absolute Gasteiger partial charge is 0.475 e. The van der Waals surface area contributed by atoms with Crippen molar-refractivity contribution in [2.24, 2.45) is 7.05 Å². The van der Waals surface area contributed by atoms with E-state index in [1.54, 1.807) is 0 Å². The summed E-state index contributed by atoms with van der Waals surface area (Å²) in [6.07, 6.45) is -1.82. The second-order valence-corrected chi connectivity index (χ2v) is 10.5. The molecule has 10 nitrogen and oxygen atoms in total. The van der Waals surface area contributed by atoms with E-state index in [1.807, 2.05) is 35.5 Å². The van der Waals surface area contributed by atoms with Gasteiger partial charge in [0.1, 0.15) is 5.82 Å². The predicted molar refractivity (Wildman–Crippen MR) is 135 cm³/mol. The fourth-order valence-corrected chi connectivity index (χ4v) is 5.45. The van der Waals surface area contributed by atoms with Gasteiger partial charge in [-0.15, -0.1) is 11.3 Å². The van der Waals surface area contributed by atoms with Crippen molar-refractivity contribution in [1.29, 1.82) is 0 Å². The van der Waals surface area contributed by atoms with E-state index in [4.69, 9.17) is 24.8 Å². The quantitative estimate of drug-likeness (QED) is 0.427. The molecule has 0 radical (unpaired) electrons. The second-order valence-electron chi connectivity index (χ2n) is 9.44. The molecule has 1 saturated heterocycles. The topological polar surface area (TPSA) is 117 Å². The normalized spacial score (nSPS) is 17.2. The first-order valence-electron chi connectivity index (χ1n) is 12.2. The first-order chi connectivity index (χ1) is 19.0. The number of aromatic nitrogens is 4. The van der Waals surface area contributed by atoms with Crippen LogP contribution in [0, 0.1) is 0 Å². The van der Waals surface area contributed by atoms with Gasteiger partial charge in [-0.25, -0.2) is 14.6 Å². The third-order valence-electron chi connectivity index (χ3n) is 6.79. The van der Waals surface area contributed by atoms with Gasteiger partial charge >= 0.3 is 24.3 Å². The van der Waals surface area contributed by atoms with E-state index in [9.17, 15) is 26.3 Å². The Labute approximate surface area is 234 Å². The van der Waals surface area contributed by atoms with Crippen molar-refractivity contribution >= 4 is 23.3 Å². The molecule has 0 saturated carbocycles. The average molecular weight is 611 g/mol. The number of hydrogen-bond donors (Lipinski definition) is 2. The van der Waals surface area contributed by atoms with Crippen LogP contribution in [0.15, 0.2) is 36.1 Å². The van der Waals surface area contributed by atoms with Gasteiger partial charge in [-0.1, -0.05) is 6.07 Å². The number of fused-ring (bicyclic) bond motifs is 2. The van der Waals surface area contributed by atoms with E-state index in [0.717, 1.165) is 51.1 Å². The Morgan fingerprint density at radius 2 is 1.56 bits per heavy atom. The number of carboxylic acid groups (broad SMARTS) is 2. The first kappa shape index (κ1) is 32.1. The molecule has 5 rings (SSSR count). The van der Waals surface area contributed by atoms with Gasteiger partial charge in [-0.05, 0) is 31.3 Å². The number of aliphatic carboxylic acids is 2. The van der Waals surface area contributed by atoms with E-state index in [2.05, 4.69) is 50.2 Å². The van der Waals surface area contributed by atoms with Crippen molar-refractivity contribution in [3.63, 3.8) is 0 Å². The minimum Gasteiger partial charge on any atom is -0.475 e. The number of carbonyl (C=O) groups is 2. The summed E-state index contributed by atoms with van der Waals surface area (Å²) < 4.78 is 67.8. The molecule has 226 valence electrons. The lowest BCUT2D eigenvalue weighted by atomic mass is 9.83. The van der Waals surface area contributed by atoms with Crippen LogP contribution in [0.25, 0.3) is 11.3 Å². The number of nitrogens with zero attached hydrogens (tertiary/aromatic N) is 6. The average Bonchev–Trinajstić information content (AvgIpc) is 3.64. The lowest BCUT2D eigenvalue weighted by Crippen LogP contribution is -2.56. The second kappa shape index (κ2) is 12.6. The fraction of sp³-hybridized carbons (Fsp3) is 0.500. The van der Waals surface area contributed by atoms with Crippen LogP contribution < -0.4 is 0 Å². The SMILES string of the molecule is CN1CCn2c(-c3cnn(C)c3)cnc2C12CCN(Cc1cccs1)CC2.O=C(O)C(F)(F)F.O=C(O)C(F)(F)F. The van der Waals surface area contributed by atoms with Gasteiger partial charge in [0.25, 0.3) is 0 Å². The number of rotatable bonds is 3. The summed E-state index contributed by atoms with van der Waals surface area (Å²) in [7, 11) is 4.24. The maximum absolute atomic E-state index is 10.6. The van der Waals surface area contributed by atoms with Crippen LogP contribution in [-0.2, 0) is 35.3 Å². The molecule has 0 aromatic carbocycles. The number of likely N-dealkylation sites (N-methyl/N-ethyl adjacent to an activating group) is 1. The molecular formula is C24H28F6N6O4S. The van der Waals surface area contributed by atoms with E-state index < -0.39 is 24.3 Å². The molecule has 0 atom stereocenters. The maximum Gasteiger partial charge on any atom is 0.490 e. The Kier molecular flexibility index (Phi) is 9.86. The van der Waals surface area contributed by atoms with Gasteiger partial charge in [0.2, 0.25) is 0 Å². The number of hydrogen-bond acceptors (Lipinski definition) is 7. The number of aryl methyl sites for hydroxylation is 1. The van der Waals surface area contributed by atoms with Crippen LogP contribution in [0.2, 0.25) is 0 Å². The number of alkyl halides is 6. The Hall–Kier alpha value is -3.44. The standard InChI is InChI=1S/C20H26N6S.2C2HF3O2/c1-23-9-10-26-18(16-12-22-24(2)14-16)13-21-19(26)20(23)5-7-25(8-6-20)15-17-4-3-11-27-17;2*3-2(4,5)1(6)7/h3-4,11-14H,5-10,15H2,1-2H3;2*(H,6,7). The zero-order chi connectivity index (χ0) is 30.6. The molecule has 17 heteroatoms. The Morgan fingerprint density at radius 1 is 0.976 bits per heavy atom. The van der Waals surface area contributed by atoms with E-state index in [1.165, 1.54) is 16.4 Å². The van der Waals surface area contributed by atoms with Crippen LogP contribution in [0.3, 0.4) is 0 Å². The molecule has 41 heavy (non-hydrogen) atoms. The predicted octanol–water partition coefficient (Wildman–Crippen LogP) is 4.05. The van der Waals surface area contributed by atoms with Crippen molar-refractivity contribution < 1.29 is 46.1 Å². The van der Waals surface area contributed by atoms with Gasteiger partial charge in [-0.2, -0.15) is 31.4 Å². The van der Waals surface area contributed by atoms with Gasteiger partial charge in [0.15, 0.2) is 0 Å². The minimum atomic E-state index is -5.08. The van der Waals surface area contributed by atoms with Crippen LogP contribution in [0.5, 0.6) is 0 Å². The Morgan fingerprint density at radius 3 is 2.02 bits per heavy atom. The molecule has 0 bridgehead atoms. The van der Waals surface area contributed by atoms with Crippen molar-refractivity contribution in [3.05, 3.63) is 46.8 Å². The molecule has 2 aliphatic rings. The number of likely N-dealkylation sites (tertiary alicyclic amines) is 1. The number of halogens is 6. The zero-order valence-corrected chi connectivity index (χ0v) is 22.8. The van der Waals surface area contributed by atoms with Crippen molar-refractivity contribution in [1.82, 2.24) is 29.1 Å². The third kappa shape index (κ3) is 7.85. The number of thiophene rings is 1.